The lowest BCUT2D eigenvalue weighted by Crippen LogP contribution is -1.87. The summed E-state index contributed by atoms with van der Waals surface area (Å²) in [6.07, 6.45) is 1.33. The lowest BCUT2D eigenvalue weighted by atomic mass is 10.2. The zero-order chi connectivity index (χ0) is 8.27. The highest BCUT2D eigenvalue weighted by Gasteiger charge is 2.01. The molecule has 52 valence electrons. The first-order valence-corrected chi connectivity index (χ1v) is 3.11. The summed E-state index contributed by atoms with van der Waals surface area (Å²) in [5.41, 5.74) is 0.317. The van der Waals surface area contributed by atoms with Gasteiger partial charge in [0.2, 0.25) is 0 Å². The monoisotopic (exact) mass is 163 g/mol. The van der Waals surface area contributed by atoms with Gasteiger partial charge in [-0.3, -0.25) is 0 Å². The second-order valence-corrected chi connectivity index (χ2v) is 2.21. The van der Waals surface area contributed by atoms with Crippen LogP contribution in [0.4, 0.5) is 0 Å². The van der Waals surface area contributed by atoms with Gasteiger partial charge in [-0.15, -0.1) is 0 Å². The predicted octanol–water partition coefficient (Wildman–Crippen LogP) is 1.48. The fourth-order valence-electron chi connectivity index (χ4n) is 0.614. The molecule has 11 heavy (non-hydrogen) atoms. The van der Waals surface area contributed by atoms with Crippen molar-refractivity contribution in [2.45, 2.75) is 0 Å². The topological polar surface area (TPSA) is 60.5 Å². The van der Waals surface area contributed by atoms with Gasteiger partial charge in [0.15, 0.2) is 5.69 Å². The van der Waals surface area contributed by atoms with Crippen LogP contribution in [0.5, 0.6) is 0 Å². The van der Waals surface area contributed by atoms with Gasteiger partial charge < -0.3 is 0 Å². The zero-order valence-electron chi connectivity index (χ0n) is 5.37. The minimum Gasteiger partial charge on any atom is -0.243 e. The average Bonchev–Trinajstić information content (AvgIpc) is 2.04. The average molecular weight is 164 g/mol. The van der Waals surface area contributed by atoms with E-state index >= 15 is 0 Å². The van der Waals surface area contributed by atoms with Gasteiger partial charge in [-0.25, -0.2) is 4.98 Å². The summed E-state index contributed by atoms with van der Waals surface area (Å²) in [4.78, 5) is 3.65. The van der Waals surface area contributed by atoms with Crippen LogP contribution in [0.2, 0.25) is 5.02 Å². The Morgan fingerprint density at radius 1 is 1.36 bits per heavy atom. The lowest BCUT2D eigenvalue weighted by Gasteiger charge is -1.91. The number of hydrogen-bond donors (Lipinski definition) is 0. The summed E-state index contributed by atoms with van der Waals surface area (Å²) in [7, 11) is 0. The minimum absolute atomic E-state index is 0.108. The summed E-state index contributed by atoms with van der Waals surface area (Å²) in [5, 5.41) is 17.3. The Morgan fingerprint density at radius 2 is 2.09 bits per heavy atom. The van der Waals surface area contributed by atoms with Crippen LogP contribution in [0.1, 0.15) is 11.3 Å². The van der Waals surface area contributed by atoms with Crippen molar-refractivity contribution < 1.29 is 0 Å². The van der Waals surface area contributed by atoms with E-state index in [1.165, 1.54) is 12.3 Å². The third kappa shape index (κ3) is 1.46. The first kappa shape index (κ1) is 7.53. The summed E-state index contributed by atoms with van der Waals surface area (Å²) in [6, 6.07) is 5.01. The summed E-state index contributed by atoms with van der Waals surface area (Å²) >= 11 is 5.53. The van der Waals surface area contributed by atoms with Crippen LogP contribution >= 0.6 is 11.6 Å². The van der Waals surface area contributed by atoms with E-state index in [9.17, 15) is 0 Å². The number of nitriles is 2. The number of rotatable bonds is 0. The molecule has 1 aromatic rings. The summed E-state index contributed by atoms with van der Waals surface area (Å²) < 4.78 is 0. The minimum atomic E-state index is 0.108. The Labute approximate surface area is 68.5 Å². The van der Waals surface area contributed by atoms with Crippen molar-refractivity contribution in [3.8, 4) is 12.1 Å². The Kier molecular flexibility index (Phi) is 2.06. The molecule has 3 nitrogen and oxygen atoms in total. The van der Waals surface area contributed by atoms with E-state index in [0.29, 0.717) is 5.02 Å². The van der Waals surface area contributed by atoms with E-state index in [4.69, 9.17) is 22.1 Å². The first-order chi connectivity index (χ1) is 5.27. The van der Waals surface area contributed by atoms with Crippen LogP contribution in [-0.2, 0) is 0 Å². The van der Waals surface area contributed by atoms with Crippen LogP contribution in [0.3, 0.4) is 0 Å². The van der Waals surface area contributed by atoms with Crippen molar-refractivity contribution in [1.82, 2.24) is 4.98 Å². The predicted molar refractivity (Wildman–Crippen MR) is 38.7 cm³/mol. The highest BCUT2D eigenvalue weighted by molar-refractivity contribution is 6.30. The maximum atomic E-state index is 8.47. The molecule has 0 amide bonds. The molecule has 0 N–H and O–H groups in total. The van der Waals surface area contributed by atoms with Gasteiger partial charge in [-0.2, -0.15) is 10.5 Å². The molecule has 0 aliphatic carbocycles. The van der Waals surface area contributed by atoms with E-state index in [1.54, 1.807) is 6.07 Å². The molecule has 0 radical (unpaired) electrons. The summed E-state index contributed by atoms with van der Waals surface area (Å²) in [5.74, 6) is 0. The Morgan fingerprint density at radius 3 is 2.64 bits per heavy atom. The largest absolute Gasteiger partial charge is 0.243 e. The van der Waals surface area contributed by atoms with Gasteiger partial charge in [-0.05, 0) is 6.07 Å². The number of pyridine rings is 1. The van der Waals surface area contributed by atoms with Gasteiger partial charge in [0, 0.05) is 6.20 Å². The molecule has 1 rings (SSSR count). The second-order valence-electron chi connectivity index (χ2n) is 1.77. The van der Waals surface area contributed by atoms with E-state index in [-0.39, 0.29) is 11.3 Å². The Balaban J connectivity index is 3.34. The highest BCUT2D eigenvalue weighted by Crippen LogP contribution is 2.10. The van der Waals surface area contributed by atoms with E-state index < -0.39 is 0 Å². The smallest absolute Gasteiger partial charge is 0.158 e. The third-order valence-corrected chi connectivity index (χ3v) is 1.29. The molecule has 0 aliphatic heterocycles. The van der Waals surface area contributed by atoms with E-state index in [1.807, 2.05) is 6.07 Å². The van der Waals surface area contributed by atoms with E-state index in [0.717, 1.165) is 0 Å². The molecule has 4 heteroatoms. The normalized spacial score (nSPS) is 8.27. The van der Waals surface area contributed by atoms with Crippen molar-refractivity contribution in [2.24, 2.45) is 0 Å². The fourth-order valence-corrected chi connectivity index (χ4v) is 0.771. The fraction of sp³-hybridized carbons (Fsp3) is 0. The van der Waals surface area contributed by atoms with Crippen molar-refractivity contribution in [2.75, 3.05) is 0 Å². The summed E-state index contributed by atoms with van der Waals surface area (Å²) in [6.45, 7) is 0. The highest BCUT2D eigenvalue weighted by atomic mass is 35.5. The van der Waals surface area contributed by atoms with Crippen molar-refractivity contribution in [3.05, 3.63) is 28.5 Å². The van der Waals surface area contributed by atoms with Gasteiger partial charge in [0.1, 0.15) is 12.1 Å². The molecular formula is C7H2ClN3. The number of nitrogens with zero attached hydrogens (tertiary/aromatic N) is 3. The molecular weight excluding hydrogens is 162 g/mol. The van der Waals surface area contributed by atoms with Gasteiger partial charge in [0.25, 0.3) is 0 Å². The molecule has 0 bridgehead atoms. The molecule has 0 saturated carbocycles. The zero-order valence-corrected chi connectivity index (χ0v) is 6.13. The molecule has 1 heterocycles. The van der Waals surface area contributed by atoms with Crippen molar-refractivity contribution >= 4 is 11.6 Å². The quantitative estimate of drug-likeness (QED) is 0.582. The molecule has 0 spiro atoms. The molecule has 0 aromatic carbocycles. The number of aromatic nitrogens is 1. The first-order valence-electron chi connectivity index (χ1n) is 2.73. The van der Waals surface area contributed by atoms with Gasteiger partial charge in [-0.1, -0.05) is 11.6 Å². The number of hydrogen-bond acceptors (Lipinski definition) is 3. The van der Waals surface area contributed by atoms with Crippen LogP contribution in [0.15, 0.2) is 12.3 Å². The van der Waals surface area contributed by atoms with Crippen LogP contribution in [0, 0.1) is 22.7 Å². The Bertz CT molecular complexity index is 359. The van der Waals surface area contributed by atoms with Gasteiger partial charge >= 0.3 is 0 Å². The molecule has 0 unspecified atom stereocenters. The number of halogens is 1. The second kappa shape index (κ2) is 3.01. The SMILES string of the molecule is N#Cc1cc(Cl)cnc1C#N. The van der Waals surface area contributed by atoms with Crippen LogP contribution < -0.4 is 0 Å². The van der Waals surface area contributed by atoms with Crippen molar-refractivity contribution in [3.63, 3.8) is 0 Å². The van der Waals surface area contributed by atoms with Crippen molar-refractivity contribution in [1.29, 1.82) is 10.5 Å². The Hall–Kier alpha value is -1.58. The van der Waals surface area contributed by atoms with Crippen LogP contribution in [-0.4, -0.2) is 4.98 Å². The maximum absolute atomic E-state index is 8.47. The van der Waals surface area contributed by atoms with E-state index in [2.05, 4.69) is 4.98 Å². The molecule has 1 aromatic heterocycles. The maximum Gasteiger partial charge on any atom is 0.158 e. The molecule has 0 saturated heterocycles. The lowest BCUT2D eigenvalue weighted by molar-refractivity contribution is 1.24. The molecule has 0 aliphatic rings. The van der Waals surface area contributed by atoms with Gasteiger partial charge in [0.05, 0.1) is 10.6 Å². The third-order valence-electron chi connectivity index (χ3n) is 1.08. The van der Waals surface area contributed by atoms with Crippen LogP contribution in [0.25, 0.3) is 0 Å². The molecule has 0 atom stereocenters. The molecule has 0 fully saturated rings. The standard InChI is InChI=1S/C7H2ClN3/c8-6-1-5(2-9)7(3-10)11-4-6/h1,4H.